The number of fused-ring (bicyclic) bond motifs is 6. The molecular formula is C55H38N2S. The van der Waals surface area contributed by atoms with E-state index in [1.54, 1.807) is 0 Å². The number of para-hydroxylation sites is 4. The maximum Gasteiger partial charge on any atom is 0.0728 e. The molecule has 0 spiro atoms. The zero-order valence-electron chi connectivity index (χ0n) is 31.7. The summed E-state index contributed by atoms with van der Waals surface area (Å²) in [6, 6.07) is 84.3. The Morgan fingerprint density at radius 1 is 0.345 bits per heavy atom. The van der Waals surface area contributed by atoms with Crippen molar-refractivity contribution >= 4 is 65.6 Å². The van der Waals surface area contributed by atoms with Crippen molar-refractivity contribution in [3.63, 3.8) is 0 Å². The van der Waals surface area contributed by atoms with Gasteiger partial charge in [-0.15, -0.1) is 11.3 Å². The highest BCUT2D eigenvalue weighted by molar-refractivity contribution is 7.26. The van der Waals surface area contributed by atoms with Crippen LogP contribution in [-0.2, 0) is 5.41 Å². The lowest BCUT2D eigenvalue weighted by molar-refractivity contribution is 0.777. The molecule has 11 rings (SSSR count). The van der Waals surface area contributed by atoms with E-state index in [9.17, 15) is 0 Å². The number of rotatable bonds is 8. The van der Waals surface area contributed by atoms with Gasteiger partial charge in [0.15, 0.2) is 0 Å². The smallest absolute Gasteiger partial charge is 0.0728 e. The molecule has 274 valence electrons. The Hall–Kier alpha value is -7.20. The van der Waals surface area contributed by atoms with Gasteiger partial charge in [-0.05, 0) is 94.5 Å². The number of hydrogen-bond donors (Lipinski definition) is 0. The summed E-state index contributed by atoms with van der Waals surface area (Å²) in [4.78, 5) is 4.87. The van der Waals surface area contributed by atoms with Crippen molar-refractivity contribution < 1.29 is 0 Å². The number of thiophene rings is 1. The van der Waals surface area contributed by atoms with Gasteiger partial charge in [-0.2, -0.15) is 0 Å². The summed E-state index contributed by atoms with van der Waals surface area (Å²) in [5.41, 5.74) is 13.5. The first-order chi connectivity index (χ1) is 28.8. The van der Waals surface area contributed by atoms with E-state index in [4.69, 9.17) is 0 Å². The molecule has 0 fully saturated rings. The summed E-state index contributed by atoms with van der Waals surface area (Å²) < 4.78 is 2.61. The molecule has 0 amide bonds. The van der Waals surface area contributed by atoms with E-state index in [1.807, 2.05) is 11.3 Å². The average molecular weight is 759 g/mol. The van der Waals surface area contributed by atoms with Gasteiger partial charge in [0.25, 0.3) is 0 Å². The van der Waals surface area contributed by atoms with Crippen LogP contribution in [0.5, 0.6) is 0 Å². The molecule has 1 aromatic heterocycles. The van der Waals surface area contributed by atoms with Gasteiger partial charge in [0, 0.05) is 54.2 Å². The molecule has 3 heteroatoms. The quantitative estimate of drug-likeness (QED) is 0.152. The van der Waals surface area contributed by atoms with Crippen molar-refractivity contribution in [2.75, 3.05) is 9.80 Å². The van der Waals surface area contributed by atoms with Crippen LogP contribution < -0.4 is 9.80 Å². The Bertz CT molecular complexity index is 2970. The number of nitrogens with zero attached hydrogens (tertiary/aromatic N) is 2. The van der Waals surface area contributed by atoms with Gasteiger partial charge in [-0.25, -0.2) is 0 Å². The molecule has 0 aliphatic heterocycles. The second-order valence-corrected chi connectivity index (χ2v) is 15.9. The molecular weight excluding hydrogens is 721 g/mol. The molecule has 1 aliphatic carbocycles. The molecule has 1 unspecified atom stereocenters. The summed E-state index contributed by atoms with van der Waals surface area (Å²) >= 11 is 1.91. The van der Waals surface area contributed by atoms with Gasteiger partial charge < -0.3 is 9.80 Å². The van der Waals surface area contributed by atoms with Crippen molar-refractivity contribution in [1.82, 2.24) is 0 Å². The van der Waals surface area contributed by atoms with Crippen LogP contribution in [0.25, 0.3) is 31.3 Å². The third kappa shape index (κ3) is 5.32. The second-order valence-electron chi connectivity index (χ2n) is 14.8. The van der Waals surface area contributed by atoms with Gasteiger partial charge >= 0.3 is 0 Å². The topological polar surface area (TPSA) is 6.48 Å². The predicted molar refractivity (Wildman–Crippen MR) is 246 cm³/mol. The molecule has 9 aromatic carbocycles. The van der Waals surface area contributed by atoms with E-state index in [2.05, 4.69) is 240 Å². The molecule has 0 saturated carbocycles. The van der Waals surface area contributed by atoms with Crippen LogP contribution in [0, 0.1) is 0 Å². The summed E-state index contributed by atoms with van der Waals surface area (Å²) in [6.07, 6.45) is 0. The molecule has 1 heterocycles. The Balaban J connectivity index is 1.34. The standard InChI is InChI=1S/C55H38N2S/c1-6-21-39(22-7-1)55(49-35-20-33-46-45-31-17-19-36-52(45)58-54(46)49)48-34-18-16-32-47(48)53-50(55)37-44(56(40-23-8-2-9-24-40)41-25-10-3-11-26-41)38-51(53)57(42-27-12-4-13-28-42)43-29-14-5-15-30-43/h1-38H. The van der Waals surface area contributed by atoms with Crippen molar-refractivity contribution in [2.45, 2.75) is 5.41 Å². The maximum atomic E-state index is 2.49. The second kappa shape index (κ2) is 14.1. The maximum absolute atomic E-state index is 2.49. The molecule has 1 atom stereocenters. The Labute approximate surface area is 343 Å². The highest BCUT2D eigenvalue weighted by Gasteiger charge is 2.49. The molecule has 0 bridgehead atoms. The fraction of sp³-hybridized carbons (Fsp3) is 0.0182. The van der Waals surface area contributed by atoms with Crippen LogP contribution >= 0.6 is 11.3 Å². The van der Waals surface area contributed by atoms with Crippen LogP contribution in [0.15, 0.2) is 231 Å². The summed E-state index contributed by atoms with van der Waals surface area (Å²) in [7, 11) is 0. The predicted octanol–water partition coefficient (Wildman–Crippen LogP) is 15.4. The van der Waals surface area contributed by atoms with Crippen LogP contribution in [0.1, 0.15) is 22.3 Å². The molecule has 0 saturated heterocycles. The van der Waals surface area contributed by atoms with E-state index in [1.165, 1.54) is 53.6 Å². The van der Waals surface area contributed by atoms with Gasteiger partial charge in [0.2, 0.25) is 0 Å². The molecule has 58 heavy (non-hydrogen) atoms. The van der Waals surface area contributed by atoms with Gasteiger partial charge in [-0.1, -0.05) is 164 Å². The third-order valence-corrected chi connectivity index (χ3v) is 12.9. The zero-order valence-corrected chi connectivity index (χ0v) is 32.6. The van der Waals surface area contributed by atoms with Gasteiger partial charge in [-0.3, -0.25) is 0 Å². The van der Waals surface area contributed by atoms with Crippen molar-refractivity contribution in [1.29, 1.82) is 0 Å². The van der Waals surface area contributed by atoms with Crippen LogP contribution in [0.2, 0.25) is 0 Å². The van der Waals surface area contributed by atoms with Gasteiger partial charge in [0.1, 0.15) is 0 Å². The SMILES string of the molecule is c1ccc(N(c2ccccc2)c2cc(N(c3ccccc3)c3ccccc3)c3c(c2)C(c2ccccc2)(c2cccc4c2sc2ccccc24)c2ccccc2-3)cc1. The first kappa shape index (κ1) is 34.1. The summed E-state index contributed by atoms with van der Waals surface area (Å²) in [6.45, 7) is 0. The lowest BCUT2D eigenvalue weighted by Gasteiger charge is -2.36. The fourth-order valence-electron chi connectivity index (χ4n) is 9.34. The minimum Gasteiger partial charge on any atom is -0.310 e. The molecule has 0 N–H and O–H groups in total. The van der Waals surface area contributed by atoms with E-state index < -0.39 is 5.41 Å². The summed E-state index contributed by atoms with van der Waals surface area (Å²) in [5, 5.41) is 2.59. The Morgan fingerprint density at radius 3 is 1.45 bits per heavy atom. The fourth-order valence-corrected chi connectivity index (χ4v) is 10.6. The van der Waals surface area contributed by atoms with Gasteiger partial charge in [0.05, 0.1) is 11.1 Å². The Morgan fingerprint density at radius 2 is 0.828 bits per heavy atom. The lowest BCUT2D eigenvalue weighted by Crippen LogP contribution is -2.29. The van der Waals surface area contributed by atoms with E-state index in [0.29, 0.717) is 0 Å². The van der Waals surface area contributed by atoms with E-state index >= 15 is 0 Å². The molecule has 1 aliphatic rings. The minimum atomic E-state index is -0.656. The lowest BCUT2D eigenvalue weighted by atomic mass is 9.67. The molecule has 10 aromatic rings. The minimum absolute atomic E-state index is 0.656. The van der Waals surface area contributed by atoms with Crippen LogP contribution in [-0.4, -0.2) is 0 Å². The number of anilines is 6. The Kier molecular flexibility index (Phi) is 8.27. The highest BCUT2D eigenvalue weighted by Crippen LogP contribution is 2.62. The zero-order chi connectivity index (χ0) is 38.5. The summed E-state index contributed by atoms with van der Waals surface area (Å²) in [5.74, 6) is 0. The monoisotopic (exact) mass is 758 g/mol. The third-order valence-electron chi connectivity index (χ3n) is 11.7. The molecule has 2 nitrogen and oxygen atoms in total. The molecule has 0 radical (unpaired) electrons. The largest absolute Gasteiger partial charge is 0.310 e. The normalized spacial score (nSPS) is 14.3. The van der Waals surface area contributed by atoms with Crippen molar-refractivity contribution in [3.05, 3.63) is 253 Å². The number of hydrogen-bond acceptors (Lipinski definition) is 3. The highest BCUT2D eigenvalue weighted by atomic mass is 32.1. The van der Waals surface area contributed by atoms with E-state index in [0.717, 1.165) is 34.1 Å². The van der Waals surface area contributed by atoms with Crippen molar-refractivity contribution in [3.8, 4) is 11.1 Å². The average Bonchev–Trinajstić information content (AvgIpc) is 3.83. The first-order valence-electron chi connectivity index (χ1n) is 19.9. The van der Waals surface area contributed by atoms with Crippen LogP contribution in [0.4, 0.5) is 34.1 Å². The van der Waals surface area contributed by atoms with Crippen LogP contribution in [0.3, 0.4) is 0 Å². The number of benzene rings is 9. The van der Waals surface area contributed by atoms with Crippen molar-refractivity contribution in [2.24, 2.45) is 0 Å². The first-order valence-corrected chi connectivity index (χ1v) is 20.7. The van der Waals surface area contributed by atoms with E-state index in [-0.39, 0.29) is 0 Å².